The maximum Gasteiger partial charge on any atom is 0.119 e. The summed E-state index contributed by atoms with van der Waals surface area (Å²) in [5.74, 6) is 0.380. The zero-order chi connectivity index (χ0) is 8.10. The lowest BCUT2D eigenvalue weighted by molar-refractivity contribution is 0.470. The lowest BCUT2D eigenvalue weighted by Crippen LogP contribution is -1.80. The molecule has 1 heteroatoms. The normalized spacial score (nSPS) is 10.6. The molecule has 0 unspecified atom stereocenters. The number of rotatable bonds is 2. The molecule has 1 aromatic carbocycles. The van der Waals surface area contributed by atoms with Crippen LogP contribution < -0.4 is 0 Å². The summed E-state index contributed by atoms with van der Waals surface area (Å²) in [4.78, 5) is 0. The zero-order valence-corrected chi connectivity index (χ0v) is 6.62. The Labute approximate surface area is 67.0 Å². The number of aromatic hydroxyl groups is 1. The summed E-state index contributed by atoms with van der Waals surface area (Å²) in [6, 6.07) is 7.39. The van der Waals surface area contributed by atoms with E-state index in [-0.39, 0.29) is 0 Å². The molecule has 0 spiro atoms. The quantitative estimate of drug-likeness (QED) is 0.639. The van der Waals surface area contributed by atoms with Gasteiger partial charge in [-0.25, -0.2) is 0 Å². The van der Waals surface area contributed by atoms with Crippen LogP contribution in [0.1, 0.15) is 12.5 Å². The highest BCUT2D eigenvalue weighted by Gasteiger charge is 1.94. The van der Waals surface area contributed by atoms with Crippen LogP contribution in [-0.4, -0.2) is 5.11 Å². The second-order valence-electron chi connectivity index (χ2n) is 2.40. The third kappa shape index (κ3) is 2.11. The third-order valence-electron chi connectivity index (χ3n) is 1.57. The van der Waals surface area contributed by atoms with Gasteiger partial charge in [0.15, 0.2) is 0 Å². The Hall–Kier alpha value is -1.24. The molecule has 0 aliphatic carbocycles. The van der Waals surface area contributed by atoms with E-state index in [0.717, 1.165) is 12.0 Å². The van der Waals surface area contributed by atoms with Gasteiger partial charge in [0.05, 0.1) is 0 Å². The number of phenolic OH excluding ortho intramolecular Hbond substituents is 1. The molecular formula is C10H12O. The molecule has 1 aromatic rings. The van der Waals surface area contributed by atoms with Crippen LogP contribution in [0.4, 0.5) is 0 Å². The van der Waals surface area contributed by atoms with Crippen molar-refractivity contribution in [3.8, 4) is 5.75 Å². The van der Waals surface area contributed by atoms with Gasteiger partial charge in [0.25, 0.3) is 0 Å². The molecule has 1 nitrogen and oxygen atoms in total. The Morgan fingerprint density at radius 2 is 2.09 bits per heavy atom. The fourth-order valence-electron chi connectivity index (χ4n) is 0.928. The van der Waals surface area contributed by atoms with Crippen LogP contribution in [0.25, 0.3) is 0 Å². The molecule has 0 amide bonds. The highest BCUT2D eigenvalue weighted by atomic mass is 16.3. The number of allylic oxidation sites excluding steroid dienone is 2. The van der Waals surface area contributed by atoms with Gasteiger partial charge < -0.3 is 5.11 Å². The second-order valence-corrected chi connectivity index (χ2v) is 2.40. The van der Waals surface area contributed by atoms with E-state index in [9.17, 15) is 5.11 Å². The maximum absolute atomic E-state index is 9.30. The molecule has 1 N–H and O–H groups in total. The largest absolute Gasteiger partial charge is 0.508 e. The molecule has 11 heavy (non-hydrogen) atoms. The fourth-order valence-corrected chi connectivity index (χ4v) is 0.928. The standard InChI is InChI=1S/C10H12O/c1-2-3-6-9-7-4-5-8-10(9)11/h2-5,7-8,11H,6H2,1H3/b3-2+. The van der Waals surface area contributed by atoms with Crippen molar-refractivity contribution in [3.05, 3.63) is 42.0 Å². The van der Waals surface area contributed by atoms with Gasteiger partial charge in [-0.2, -0.15) is 0 Å². The van der Waals surface area contributed by atoms with Gasteiger partial charge >= 0.3 is 0 Å². The molecule has 1 rings (SSSR count). The molecule has 0 heterocycles. The van der Waals surface area contributed by atoms with E-state index < -0.39 is 0 Å². The summed E-state index contributed by atoms with van der Waals surface area (Å²) >= 11 is 0. The van der Waals surface area contributed by atoms with Gasteiger partial charge in [0.2, 0.25) is 0 Å². The van der Waals surface area contributed by atoms with Crippen molar-refractivity contribution >= 4 is 0 Å². The monoisotopic (exact) mass is 148 g/mol. The van der Waals surface area contributed by atoms with Gasteiger partial charge in [-0.1, -0.05) is 30.4 Å². The number of hydrogen-bond acceptors (Lipinski definition) is 1. The van der Waals surface area contributed by atoms with Crippen molar-refractivity contribution in [2.24, 2.45) is 0 Å². The number of para-hydroxylation sites is 1. The van der Waals surface area contributed by atoms with E-state index >= 15 is 0 Å². The number of benzene rings is 1. The molecule has 0 saturated heterocycles. The van der Waals surface area contributed by atoms with Gasteiger partial charge in [-0.15, -0.1) is 0 Å². The van der Waals surface area contributed by atoms with Crippen LogP contribution in [0.2, 0.25) is 0 Å². The second kappa shape index (κ2) is 3.81. The molecule has 0 saturated carbocycles. The van der Waals surface area contributed by atoms with Crippen molar-refractivity contribution < 1.29 is 5.11 Å². The van der Waals surface area contributed by atoms with Crippen molar-refractivity contribution in [2.75, 3.05) is 0 Å². The predicted octanol–water partition coefficient (Wildman–Crippen LogP) is 2.51. The van der Waals surface area contributed by atoms with Crippen molar-refractivity contribution in [1.82, 2.24) is 0 Å². The van der Waals surface area contributed by atoms with Crippen LogP contribution in [0.5, 0.6) is 5.75 Å². The van der Waals surface area contributed by atoms with E-state index in [1.54, 1.807) is 6.07 Å². The van der Waals surface area contributed by atoms with E-state index in [4.69, 9.17) is 0 Å². The van der Waals surface area contributed by atoms with Crippen molar-refractivity contribution in [1.29, 1.82) is 0 Å². The first-order chi connectivity index (χ1) is 5.34. The first kappa shape index (κ1) is 7.86. The van der Waals surface area contributed by atoms with Crippen LogP contribution >= 0.6 is 0 Å². The Morgan fingerprint density at radius 3 is 2.73 bits per heavy atom. The lowest BCUT2D eigenvalue weighted by Gasteiger charge is -1.98. The van der Waals surface area contributed by atoms with Crippen LogP contribution in [-0.2, 0) is 6.42 Å². The summed E-state index contributed by atoms with van der Waals surface area (Å²) in [5.41, 5.74) is 0.977. The van der Waals surface area contributed by atoms with Gasteiger partial charge in [0, 0.05) is 0 Å². The highest BCUT2D eigenvalue weighted by molar-refractivity contribution is 5.33. The molecule has 0 fully saturated rings. The Balaban J connectivity index is 2.77. The molecule has 0 aliphatic heterocycles. The minimum atomic E-state index is 0.380. The third-order valence-corrected chi connectivity index (χ3v) is 1.57. The summed E-state index contributed by atoms with van der Waals surface area (Å²) in [6.07, 6.45) is 4.81. The topological polar surface area (TPSA) is 20.2 Å². The lowest BCUT2D eigenvalue weighted by atomic mass is 10.1. The van der Waals surface area contributed by atoms with Crippen molar-refractivity contribution in [2.45, 2.75) is 13.3 Å². The molecule has 0 aromatic heterocycles. The number of phenols is 1. The minimum Gasteiger partial charge on any atom is -0.508 e. The molecular weight excluding hydrogens is 136 g/mol. The smallest absolute Gasteiger partial charge is 0.119 e. The fraction of sp³-hybridized carbons (Fsp3) is 0.200. The molecule has 0 radical (unpaired) electrons. The summed E-state index contributed by atoms with van der Waals surface area (Å²) in [7, 11) is 0. The Kier molecular flexibility index (Phi) is 2.73. The Morgan fingerprint density at radius 1 is 1.36 bits per heavy atom. The average molecular weight is 148 g/mol. The van der Waals surface area contributed by atoms with E-state index in [2.05, 4.69) is 0 Å². The van der Waals surface area contributed by atoms with Gasteiger partial charge in [0.1, 0.15) is 5.75 Å². The highest BCUT2D eigenvalue weighted by Crippen LogP contribution is 2.15. The summed E-state index contributed by atoms with van der Waals surface area (Å²) < 4.78 is 0. The maximum atomic E-state index is 9.30. The number of hydrogen-bond donors (Lipinski definition) is 1. The van der Waals surface area contributed by atoms with Crippen LogP contribution in [0, 0.1) is 0 Å². The van der Waals surface area contributed by atoms with Crippen LogP contribution in [0.15, 0.2) is 36.4 Å². The van der Waals surface area contributed by atoms with Crippen LogP contribution in [0.3, 0.4) is 0 Å². The van der Waals surface area contributed by atoms with E-state index in [1.807, 2.05) is 37.3 Å². The van der Waals surface area contributed by atoms with Gasteiger partial charge in [-0.3, -0.25) is 0 Å². The molecule has 0 bridgehead atoms. The predicted molar refractivity (Wildman–Crippen MR) is 46.6 cm³/mol. The summed E-state index contributed by atoms with van der Waals surface area (Å²) in [6.45, 7) is 1.97. The minimum absolute atomic E-state index is 0.380. The van der Waals surface area contributed by atoms with Crippen molar-refractivity contribution in [3.63, 3.8) is 0 Å². The Bertz CT molecular complexity index is 251. The zero-order valence-electron chi connectivity index (χ0n) is 6.62. The van der Waals surface area contributed by atoms with E-state index in [1.165, 1.54) is 0 Å². The summed E-state index contributed by atoms with van der Waals surface area (Å²) in [5, 5.41) is 9.30. The first-order valence-corrected chi connectivity index (χ1v) is 3.72. The molecule has 0 atom stereocenters. The SMILES string of the molecule is C/C=C/Cc1ccccc1O. The average Bonchev–Trinajstić information content (AvgIpc) is 2.03. The molecule has 58 valence electrons. The molecule has 0 aliphatic rings. The van der Waals surface area contributed by atoms with E-state index in [0.29, 0.717) is 5.75 Å². The van der Waals surface area contributed by atoms with Gasteiger partial charge in [-0.05, 0) is 25.0 Å². The first-order valence-electron chi connectivity index (χ1n) is 3.72.